The molecule has 0 atom stereocenters. The molecule has 6 heteroatoms. The fourth-order valence-corrected chi connectivity index (χ4v) is 5.40. The summed E-state index contributed by atoms with van der Waals surface area (Å²) < 4.78 is 2.74. The molecule has 5 rings (SSSR count). The molecule has 2 aromatic heterocycles. The Morgan fingerprint density at radius 2 is 1.77 bits per heavy atom. The molecule has 0 bridgehead atoms. The van der Waals surface area contributed by atoms with E-state index in [1.807, 2.05) is 29.7 Å². The largest absolute Gasteiger partial charge is 0.371 e. The highest BCUT2D eigenvalue weighted by Gasteiger charge is 2.21. The monoisotopic (exact) mass is 530 g/mol. The summed E-state index contributed by atoms with van der Waals surface area (Å²) in [6.07, 6.45) is 4.94. The van der Waals surface area contributed by atoms with Crippen LogP contribution in [0.5, 0.6) is 0 Å². The lowest BCUT2D eigenvalue weighted by Gasteiger charge is -2.34. The zero-order chi connectivity index (χ0) is 24.4. The van der Waals surface area contributed by atoms with Crippen molar-refractivity contribution in [1.29, 1.82) is 0 Å². The van der Waals surface area contributed by atoms with Gasteiger partial charge in [0.15, 0.2) is 5.65 Å². The van der Waals surface area contributed by atoms with Crippen LogP contribution in [-0.2, 0) is 13.0 Å². The van der Waals surface area contributed by atoms with Crippen molar-refractivity contribution in [1.82, 2.24) is 14.7 Å². The predicted octanol–water partition coefficient (Wildman–Crippen LogP) is 6.28. The molecule has 5 nitrogen and oxygen atoms in total. The van der Waals surface area contributed by atoms with E-state index in [0.717, 1.165) is 34.5 Å². The second kappa shape index (κ2) is 10.2. The summed E-state index contributed by atoms with van der Waals surface area (Å²) in [5.41, 5.74) is 7.30. The molecule has 1 aliphatic heterocycles. The zero-order valence-corrected chi connectivity index (χ0v) is 21.9. The number of pyridine rings is 1. The van der Waals surface area contributed by atoms with Crippen molar-refractivity contribution in [2.24, 2.45) is 0 Å². The Hall–Kier alpha value is -3.12. The van der Waals surface area contributed by atoms with Crippen LogP contribution in [-0.4, -0.2) is 28.4 Å². The van der Waals surface area contributed by atoms with E-state index in [1.165, 1.54) is 29.7 Å². The fourth-order valence-electron chi connectivity index (χ4n) is 4.97. The topological polar surface area (TPSA) is 49.6 Å². The van der Waals surface area contributed by atoms with Crippen LogP contribution < -0.4 is 10.2 Å². The number of amides is 1. The average Bonchev–Trinajstić information content (AvgIpc) is 3.28. The van der Waals surface area contributed by atoms with Gasteiger partial charge in [-0.15, -0.1) is 0 Å². The van der Waals surface area contributed by atoms with Gasteiger partial charge in [-0.2, -0.15) is 0 Å². The number of benzene rings is 2. The molecule has 180 valence electrons. The van der Waals surface area contributed by atoms with Gasteiger partial charge in [0, 0.05) is 31.5 Å². The van der Waals surface area contributed by atoms with Crippen LogP contribution in [0.4, 0.5) is 5.69 Å². The molecular weight excluding hydrogens is 500 g/mol. The molecule has 1 amide bonds. The number of piperidine rings is 1. The molecule has 3 heterocycles. The third-order valence-electron chi connectivity index (χ3n) is 7.02. The van der Waals surface area contributed by atoms with E-state index in [-0.39, 0.29) is 5.91 Å². The lowest BCUT2D eigenvalue weighted by Crippen LogP contribution is -2.32. The Labute approximate surface area is 215 Å². The maximum absolute atomic E-state index is 13.1. The summed E-state index contributed by atoms with van der Waals surface area (Å²) in [5.74, 6) is 0.546. The third kappa shape index (κ3) is 4.98. The Balaban J connectivity index is 1.20. The number of fused-ring (bicyclic) bond motifs is 1. The van der Waals surface area contributed by atoms with E-state index in [1.54, 1.807) is 0 Å². The van der Waals surface area contributed by atoms with Crippen molar-refractivity contribution in [2.75, 3.05) is 18.0 Å². The lowest BCUT2D eigenvalue weighted by molar-refractivity contribution is 0.0944. The summed E-state index contributed by atoms with van der Waals surface area (Å²) in [4.78, 5) is 20.2. The predicted molar refractivity (Wildman–Crippen MR) is 145 cm³/mol. The number of carbonyl (C=O) groups is 1. The van der Waals surface area contributed by atoms with Crippen molar-refractivity contribution in [3.63, 3.8) is 0 Å². The highest BCUT2D eigenvalue weighted by molar-refractivity contribution is 9.10. The van der Waals surface area contributed by atoms with Gasteiger partial charge in [-0.1, -0.05) is 48.9 Å². The zero-order valence-electron chi connectivity index (χ0n) is 20.3. The van der Waals surface area contributed by atoms with Gasteiger partial charge in [0.1, 0.15) is 5.69 Å². The van der Waals surface area contributed by atoms with Gasteiger partial charge in [0.05, 0.1) is 10.2 Å². The number of rotatable bonds is 6. The molecule has 1 fully saturated rings. The first-order valence-corrected chi connectivity index (χ1v) is 13.2. The van der Waals surface area contributed by atoms with E-state index in [2.05, 4.69) is 86.6 Å². The second-order valence-electron chi connectivity index (χ2n) is 9.33. The van der Waals surface area contributed by atoms with E-state index in [9.17, 15) is 4.79 Å². The number of carbonyl (C=O) groups excluding carboxylic acids is 1. The average molecular weight is 531 g/mol. The van der Waals surface area contributed by atoms with Crippen LogP contribution in [0.1, 0.15) is 58.6 Å². The maximum atomic E-state index is 13.1. The molecule has 0 radical (unpaired) electrons. The maximum Gasteiger partial charge on any atom is 0.270 e. The van der Waals surface area contributed by atoms with Crippen molar-refractivity contribution in [3.8, 4) is 0 Å². The van der Waals surface area contributed by atoms with E-state index >= 15 is 0 Å². The smallest absolute Gasteiger partial charge is 0.270 e. The Bertz CT molecular complexity index is 1320. The van der Waals surface area contributed by atoms with Gasteiger partial charge < -0.3 is 10.2 Å². The van der Waals surface area contributed by atoms with Crippen LogP contribution in [0.3, 0.4) is 0 Å². The minimum atomic E-state index is -0.102. The molecule has 0 spiro atoms. The first-order chi connectivity index (χ1) is 17.0. The highest BCUT2D eigenvalue weighted by atomic mass is 79.9. The van der Waals surface area contributed by atoms with Crippen LogP contribution in [0.15, 0.2) is 71.3 Å². The lowest BCUT2D eigenvalue weighted by atomic mass is 9.89. The highest BCUT2D eigenvalue weighted by Crippen LogP contribution is 2.30. The van der Waals surface area contributed by atoms with Crippen molar-refractivity contribution in [2.45, 2.75) is 45.6 Å². The van der Waals surface area contributed by atoms with Crippen molar-refractivity contribution in [3.05, 3.63) is 99.4 Å². The van der Waals surface area contributed by atoms with Gasteiger partial charge in [-0.3, -0.25) is 9.20 Å². The molecule has 0 saturated carbocycles. The number of hydrogen-bond acceptors (Lipinski definition) is 3. The Morgan fingerprint density at radius 3 is 2.46 bits per heavy atom. The molecule has 0 aliphatic carbocycles. The second-order valence-corrected chi connectivity index (χ2v) is 10.2. The Kier molecular flexibility index (Phi) is 6.91. The molecular formula is C29H31BrN4O. The van der Waals surface area contributed by atoms with E-state index in [0.29, 0.717) is 24.6 Å². The number of nitrogens with zero attached hydrogens (tertiary/aromatic N) is 3. The summed E-state index contributed by atoms with van der Waals surface area (Å²) in [7, 11) is 0. The summed E-state index contributed by atoms with van der Waals surface area (Å²) in [6, 6.07) is 21.5. The van der Waals surface area contributed by atoms with E-state index in [4.69, 9.17) is 0 Å². The molecule has 2 aromatic carbocycles. The van der Waals surface area contributed by atoms with Crippen molar-refractivity contribution >= 4 is 33.2 Å². The summed E-state index contributed by atoms with van der Waals surface area (Å²) >= 11 is 3.54. The number of aryl methyl sites for hydroxylation is 2. The minimum Gasteiger partial charge on any atom is -0.371 e. The van der Waals surface area contributed by atoms with Gasteiger partial charge in [-0.25, -0.2) is 4.98 Å². The molecule has 0 unspecified atom stereocenters. The van der Waals surface area contributed by atoms with Crippen LogP contribution in [0.2, 0.25) is 0 Å². The minimum absolute atomic E-state index is 0.102. The standard InChI is InChI=1S/C29H31BrN4O/c1-3-26-27(34-16-4-5-25(30)28(34)32-26)29(35)31-19-21-8-12-24(13-9-21)33-17-14-23(15-18-33)22-10-6-20(2)7-11-22/h4-13,16,23H,3,14-15,17-19H2,1-2H3,(H,31,35). The first-order valence-electron chi connectivity index (χ1n) is 12.4. The van der Waals surface area contributed by atoms with Crippen LogP contribution >= 0.6 is 15.9 Å². The summed E-state index contributed by atoms with van der Waals surface area (Å²) in [6.45, 7) is 6.78. The van der Waals surface area contributed by atoms with E-state index < -0.39 is 0 Å². The van der Waals surface area contributed by atoms with Gasteiger partial charge in [0.25, 0.3) is 5.91 Å². The number of aromatic nitrogens is 2. The molecule has 4 aromatic rings. The summed E-state index contributed by atoms with van der Waals surface area (Å²) in [5, 5.41) is 3.09. The Morgan fingerprint density at radius 1 is 1.06 bits per heavy atom. The van der Waals surface area contributed by atoms with Gasteiger partial charge in [0.2, 0.25) is 0 Å². The van der Waals surface area contributed by atoms with Crippen molar-refractivity contribution < 1.29 is 4.79 Å². The number of imidazole rings is 1. The van der Waals surface area contributed by atoms with Crippen LogP contribution in [0.25, 0.3) is 5.65 Å². The fraction of sp³-hybridized carbons (Fsp3) is 0.310. The quantitative estimate of drug-likeness (QED) is 0.319. The molecule has 35 heavy (non-hydrogen) atoms. The first kappa shape index (κ1) is 23.6. The van der Waals surface area contributed by atoms with Crippen LogP contribution in [0, 0.1) is 6.92 Å². The number of halogens is 1. The third-order valence-corrected chi connectivity index (χ3v) is 7.64. The number of nitrogens with one attached hydrogen (secondary N) is 1. The molecule has 1 aliphatic rings. The normalized spacial score (nSPS) is 14.4. The number of hydrogen-bond donors (Lipinski definition) is 1. The SMILES string of the molecule is CCc1nc2c(Br)cccn2c1C(=O)NCc1ccc(N2CCC(c3ccc(C)cc3)CC2)cc1. The molecule has 1 N–H and O–H groups in total. The van der Waals surface area contributed by atoms with Gasteiger partial charge >= 0.3 is 0 Å². The number of anilines is 1. The van der Waals surface area contributed by atoms with Gasteiger partial charge in [-0.05, 0) is 83.4 Å². The molecule has 1 saturated heterocycles.